The summed E-state index contributed by atoms with van der Waals surface area (Å²) in [6, 6.07) is 1.15. The molecule has 0 saturated heterocycles. The number of nitrogen functional groups attached to an aromatic ring is 1. The quantitative estimate of drug-likeness (QED) is 0.600. The van der Waals surface area contributed by atoms with Crippen LogP contribution in [0.5, 0.6) is 0 Å². The Labute approximate surface area is 113 Å². The molecule has 0 aliphatic heterocycles. The molecule has 100 valence electrons. The number of nitrogens with two attached hydrogens (primary N) is 2. The third-order valence-corrected chi connectivity index (χ3v) is 3.60. The number of primary amides is 1. The Morgan fingerprint density at radius 1 is 1.32 bits per heavy atom. The molecule has 0 saturated carbocycles. The van der Waals surface area contributed by atoms with Crippen molar-refractivity contribution in [3.05, 3.63) is 23.3 Å². The highest BCUT2D eigenvalue weighted by Crippen LogP contribution is 2.32. The Hall–Kier alpha value is -2.35. The lowest BCUT2D eigenvalue weighted by Gasteiger charge is -2.04. The van der Waals surface area contributed by atoms with Crippen molar-refractivity contribution in [1.29, 1.82) is 0 Å². The van der Waals surface area contributed by atoms with Gasteiger partial charge in [0, 0.05) is 30.9 Å². The number of pyridine rings is 1. The van der Waals surface area contributed by atoms with E-state index in [1.807, 2.05) is 0 Å². The lowest BCUT2D eigenvalue weighted by Crippen LogP contribution is -2.37. The van der Waals surface area contributed by atoms with Gasteiger partial charge in [0.2, 0.25) is 0 Å². The zero-order valence-corrected chi connectivity index (χ0v) is 10.8. The molecule has 2 rings (SSSR count). The van der Waals surface area contributed by atoms with Crippen LogP contribution in [-0.4, -0.2) is 30.0 Å². The maximum atomic E-state index is 11.9. The standard InChI is InChI=1S/C11H13N5O2S/c12-8-6-1-2-14-5-7(6)19-9(8)10(17)15-3-4-16-11(13)18/h1-2,5H,3-4,12H2,(H,15,17)(H3,13,16,18). The van der Waals surface area contributed by atoms with E-state index in [1.54, 1.807) is 18.5 Å². The molecule has 0 aromatic carbocycles. The van der Waals surface area contributed by atoms with Crippen LogP contribution in [-0.2, 0) is 0 Å². The van der Waals surface area contributed by atoms with E-state index >= 15 is 0 Å². The van der Waals surface area contributed by atoms with E-state index in [2.05, 4.69) is 15.6 Å². The van der Waals surface area contributed by atoms with Crippen molar-refractivity contribution in [3.63, 3.8) is 0 Å². The van der Waals surface area contributed by atoms with Gasteiger partial charge in [-0.1, -0.05) is 0 Å². The van der Waals surface area contributed by atoms with E-state index < -0.39 is 6.03 Å². The topological polar surface area (TPSA) is 123 Å². The van der Waals surface area contributed by atoms with Crippen LogP contribution in [0.25, 0.3) is 10.1 Å². The van der Waals surface area contributed by atoms with Gasteiger partial charge < -0.3 is 22.1 Å². The number of carbonyl (C=O) groups is 2. The molecular formula is C11H13N5O2S. The summed E-state index contributed by atoms with van der Waals surface area (Å²) >= 11 is 1.28. The number of hydrogen-bond acceptors (Lipinski definition) is 5. The van der Waals surface area contributed by atoms with Crippen LogP contribution in [0.4, 0.5) is 10.5 Å². The Morgan fingerprint density at radius 2 is 2.05 bits per heavy atom. The van der Waals surface area contributed by atoms with Crippen LogP contribution in [0, 0.1) is 0 Å². The molecule has 0 bridgehead atoms. The molecule has 0 radical (unpaired) electrons. The van der Waals surface area contributed by atoms with Crippen LogP contribution in [0.3, 0.4) is 0 Å². The van der Waals surface area contributed by atoms with E-state index in [1.165, 1.54) is 11.3 Å². The molecule has 2 aromatic rings. The first-order chi connectivity index (χ1) is 9.09. The minimum atomic E-state index is -0.623. The van der Waals surface area contributed by atoms with E-state index in [4.69, 9.17) is 11.5 Å². The minimum absolute atomic E-state index is 0.271. The van der Waals surface area contributed by atoms with Gasteiger partial charge in [-0.3, -0.25) is 9.78 Å². The predicted octanol–water partition coefficient (Wildman–Crippen LogP) is 0.277. The molecule has 19 heavy (non-hydrogen) atoms. The lowest BCUT2D eigenvalue weighted by atomic mass is 10.2. The number of thiophene rings is 1. The van der Waals surface area contributed by atoms with Gasteiger partial charge >= 0.3 is 6.03 Å². The fourth-order valence-corrected chi connectivity index (χ4v) is 2.59. The molecule has 7 nitrogen and oxygen atoms in total. The van der Waals surface area contributed by atoms with Crippen LogP contribution in [0.2, 0.25) is 0 Å². The van der Waals surface area contributed by atoms with Crippen molar-refractivity contribution in [2.24, 2.45) is 5.73 Å². The van der Waals surface area contributed by atoms with Crippen molar-refractivity contribution in [1.82, 2.24) is 15.6 Å². The molecule has 2 aromatic heterocycles. The molecule has 0 fully saturated rings. The van der Waals surface area contributed by atoms with Crippen molar-refractivity contribution in [2.45, 2.75) is 0 Å². The summed E-state index contributed by atoms with van der Waals surface area (Å²) in [7, 11) is 0. The molecule has 0 aliphatic carbocycles. The molecule has 3 amide bonds. The predicted molar refractivity (Wildman–Crippen MR) is 74.0 cm³/mol. The van der Waals surface area contributed by atoms with Crippen molar-refractivity contribution >= 4 is 39.0 Å². The van der Waals surface area contributed by atoms with Gasteiger partial charge in [0.15, 0.2) is 0 Å². The number of nitrogens with zero attached hydrogens (tertiary/aromatic N) is 1. The number of rotatable bonds is 4. The summed E-state index contributed by atoms with van der Waals surface area (Å²) in [5.74, 6) is -0.273. The molecule has 8 heteroatoms. The number of anilines is 1. The van der Waals surface area contributed by atoms with Gasteiger partial charge in [-0.25, -0.2) is 4.79 Å². The second-order valence-corrected chi connectivity index (χ2v) is 4.82. The first-order valence-corrected chi connectivity index (χ1v) is 6.34. The number of urea groups is 1. The summed E-state index contributed by atoms with van der Waals surface area (Å²) in [6.45, 7) is 0.557. The van der Waals surface area contributed by atoms with Crippen LogP contribution >= 0.6 is 11.3 Å². The average Bonchev–Trinajstić information content (AvgIpc) is 2.72. The molecule has 0 unspecified atom stereocenters. The number of carbonyl (C=O) groups excluding carboxylic acids is 2. The van der Waals surface area contributed by atoms with Crippen molar-refractivity contribution in [3.8, 4) is 0 Å². The third kappa shape index (κ3) is 2.91. The van der Waals surface area contributed by atoms with Gasteiger partial charge in [0.05, 0.1) is 10.4 Å². The van der Waals surface area contributed by atoms with E-state index in [0.29, 0.717) is 10.6 Å². The second kappa shape index (κ2) is 5.53. The smallest absolute Gasteiger partial charge is 0.312 e. The minimum Gasteiger partial charge on any atom is -0.397 e. The van der Waals surface area contributed by atoms with Gasteiger partial charge in [-0.15, -0.1) is 11.3 Å². The summed E-state index contributed by atoms with van der Waals surface area (Å²) < 4.78 is 0.861. The van der Waals surface area contributed by atoms with Gasteiger partial charge in [0.1, 0.15) is 4.88 Å². The normalized spacial score (nSPS) is 10.3. The summed E-state index contributed by atoms with van der Waals surface area (Å²) in [5.41, 5.74) is 11.3. The Balaban J connectivity index is 2.05. The van der Waals surface area contributed by atoms with E-state index in [-0.39, 0.29) is 19.0 Å². The fraction of sp³-hybridized carbons (Fsp3) is 0.182. The molecule has 2 heterocycles. The molecule has 0 spiro atoms. The highest BCUT2D eigenvalue weighted by Gasteiger charge is 2.15. The number of hydrogen-bond donors (Lipinski definition) is 4. The number of nitrogens with one attached hydrogen (secondary N) is 2. The largest absolute Gasteiger partial charge is 0.397 e. The average molecular weight is 279 g/mol. The third-order valence-electron chi connectivity index (χ3n) is 2.45. The zero-order chi connectivity index (χ0) is 13.8. The Kier molecular flexibility index (Phi) is 3.81. The van der Waals surface area contributed by atoms with Gasteiger partial charge in [-0.2, -0.15) is 0 Å². The Bertz CT molecular complexity index is 625. The summed E-state index contributed by atoms with van der Waals surface area (Å²) in [5, 5.41) is 5.86. The molecule has 0 atom stereocenters. The zero-order valence-electron chi connectivity index (χ0n) is 9.97. The van der Waals surface area contributed by atoms with Crippen molar-refractivity contribution in [2.75, 3.05) is 18.8 Å². The van der Waals surface area contributed by atoms with Crippen LogP contribution in [0.15, 0.2) is 18.5 Å². The number of aromatic nitrogens is 1. The highest BCUT2D eigenvalue weighted by atomic mass is 32.1. The highest BCUT2D eigenvalue weighted by molar-refractivity contribution is 7.21. The monoisotopic (exact) mass is 279 g/mol. The SMILES string of the molecule is NC(=O)NCCNC(=O)c1sc2cnccc2c1N. The lowest BCUT2D eigenvalue weighted by molar-refractivity contribution is 0.0959. The van der Waals surface area contributed by atoms with Crippen LogP contribution < -0.4 is 22.1 Å². The van der Waals surface area contributed by atoms with E-state index in [9.17, 15) is 9.59 Å². The van der Waals surface area contributed by atoms with Gasteiger partial charge in [0.25, 0.3) is 5.91 Å². The summed E-state index contributed by atoms with van der Waals surface area (Å²) in [4.78, 5) is 26.8. The number of fused-ring (bicyclic) bond motifs is 1. The molecule has 0 aliphatic rings. The molecular weight excluding hydrogens is 266 g/mol. The fourth-order valence-electron chi connectivity index (χ4n) is 1.58. The maximum Gasteiger partial charge on any atom is 0.312 e. The van der Waals surface area contributed by atoms with Crippen molar-refractivity contribution < 1.29 is 9.59 Å². The second-order valence-electron chi connectivity index (χ2n) is 3.76. The number of amides is 3. The van der Waals surface area contributed by atoms with Crippen LogP contribution in [0.1, 0.15) is 9.67 Å². The first-order valence-electron chi connectivity index (χ1n) is 5.53. The summed E-state index contributed by atoms with van der Waals surface area (Å²) in [6.07, 6.45) is 3.30. The Morgan fingerprint density at radius 3 is 2.74 bits per heavy atom. The van der Waals surface area contributed by atoms with E-state index in [0.717, 1.165) is 10.1 Å². The maximum absolute atomic E-state index is 11.9. The molecule has 6 N–H and O–H groups in total. The van der Waals surface area contributed by atoms with Gasteiger partial charge in [-0.05, 0) is 6.07 Å². The first kappa shape index (κ1) is 13.1.